The third kappa shape index (κ3) is 3.45. The molecule has 23 heavy (non-hydrogen) atoms. The number of likely N-dealkylation sites (tertiary alicyclic amines) is 1. The Balaban J connectivity index is 1.71. The summed E-state index contributed by atoms with van der Waals surface area (Å²) in [5.41, 5.74) is 3.38. The maximum absolute atomic E-state index is 11.3. The second kappa shape index (κ2) is 6.54. The van der Waals surface area contributed by atoms with Gasteiger partial charge in [-0.2, -0.15) is 5.10 Å². The van der Waals surface area contributed by atoms with Crippen LogP contribution in [0.25, 0.3) is 5.69 Å². The van der Waals surface area contributed by atoms with Gasteiger partial charge in [-0.1, -0.05) is 26.0 Å². The minimum Gasteiger partial charge on any atom is -0.480 e. The van der Waals surface area contributed by atoms with Crippen molar-refractivity contribution >= 4 is 5.97 Å². The molecular weight excluding hydrogens is 290 g/mol. The van der Waals surface area contributed by atoms with Crippen LogP contribution in [-0.4, -0.2) is 38.3 Å². The maximum atomic E-state index is 11.3. The second-order valence-electron chi connectivity index (χ2n) is 6.51. The van der Waals surface area contributed by atoms with E-state index < -0.39 is 5.97 Å². The summed E-state index contributed by atoms with van der Waals surface area (Å²) >= 11 is 0. The van der Waals surface area contributed by atoms with Crippen LogP contribution >= 0.6 is 0 Å². The van der Waals surface area contributed by atoms with Gasteiger partial charge < -0.3 is 5.11 Å². The van der Waals surface area contributed by atoms with Crippen molar-refractivity contribution in [1.29, 1.82) is 0 Å². The van der Waals surface area contributed by atoms with Crippen molar-refractivity contribution in [2.75, 3.05) is 6.54 Å². The van der Waals surface area contributed by atoms with E-state index in [-0.39, 0.29) is 6.04 Å². The quantitative estimate of drug-likeness (QED) is 0.922. The van der Waals surface area contributed by atoms with Crippen LogP contribution in [0.2, 0.25) is 0 Å². The number of hydrogen-bond acceptors (Lipinski definition) is 3. The van der Waals surface area contributed by atoms with Gasteiger partial charge in [0.2, 0.25) is 0 Å². The minimum atomic E-state index is -0.723. The predicted molar refractivity (Wildman–Crippen MR) is 88.7 cm³/mol. The van der Waals surface area contributed by atoms with Crippen LogP contribution in [0.5, 0.6) is 0 Å². The summed E-state index contributed by atoms with van der Waals surface area (Å²) in [5, 5.41) is 13.7. The number of rotatable bonds is 5. The molecule has 0 radical (unpaired) electrons. The molecule has 0 saturated carbocycles. The van der Waals surface area contributed by atoms with Gasteiger partial charge in [-0.3, -0.25) is 9.69 Å². The number of benzene rings is 1. The Labute approximate surface area is 136 Å². The summed E-state index contributed by atoms with van der Waals surface area (Å²) in [6.07, 6.45) is 5.50. The Morgan fingerprint density at radius 2 is 2.09 bits per heavy atom. The molecule has 122 valence electrons. The van der Waals surface area contributed by atoms with Gasteiger partial charge in [0, 0.05) is 18.3 Å². The van der Waals surface area contributed by atoms with Crippen LogP contribution in [0, 0.1) is 0 Å². The van der Waals surface area contributed by atoms with Crippen LogP contribution in [0.4, 0.5) is 0 Å². The first-order valence-electron chi connectivity index (χ1n) is 8.15. The number of hydrogen-bond donors (Lipinski definition) is 1. The van der Waals surface area contributed by atoms with Crippen LogP contribution in [0.1, 0.15) is 43.7 Å². The molecule has 2 heterocycles. The average Bonchev–Trinajstić information content (AvgIpc) is 3.17. The average molecular weight is 313 g/mol. The fourth-order valence-corrected chi connectivity index (χ4v) is 3.12. The van der Waals surface area contributed by atoms with E-state index in [0.717, 1.165) is 30.6 Å². The van der Waals surface area contributed by atoms with Gasteiger partial charge in [0.25, 0.3) is 0 Å². The number of carbonyl (C=O) groups is 1. The molecule has 0 unspecified atom stereocenters. The van der Waals surface area contributed by atoms with E-state index >= 15 is 0 Å². The standard InChI is InChI=1S/C18H23N3O2/c1-13(2)15-5-7-16(8-6-15)21-12-14(10-19-21)11-20-9-3-4-17(20)18(22)23/h5-8,10,12-13,17H,3-4,9,11H2,1-2H3,(H,22,23)/t17-/m0/s1. The molecule has 5 heteroatoms. The van der Waals surface area contributed by atoms with Gasteiger partial charge in [0.05, 0.1) is 11.9 Å². The number of nitrogens with zero attached hydrogens (tertiary/aromatic N) is 3. The molecular formula is C18H23N3O2. The fourth-order valence-electron chi connectivity index (χ4n) is 3.12. The van der Waals surface area contributed by atoms with Crippen molar-refractivity contribution in [2.45, 2.75) is 45.2 Å². The summed E-state index contributed by atoms with van der Waals surface area (Å²) in [6.45, 7) is 5.83. The molecule has 1 fully saturated rings. The highest BCUT2D eigenvalue weighted by molar-refractivity contribution is 5.73. The fraction of sp³-hybridized carbons (Fsp3) is 0.444. The van der Waals surface area contributed by atoms with Crippen LogP contribution in [0.3, 0.4) is 0 Å². The molecule has 0 amide bonds. The minimum absolute atomic E-state index is 0.358. The van der Waals surface area contributed by atoms with E-state index in [1.54, 1.807) is 0 Å². The molecule has 3 rings (SSSR count). The highest BCUT2D eigenvalue weighted by Crippen LogP contribution is 2.21. The zero-order valence-corrected chi connectivity index (χ0v) is 13.6. The van der Waals surface area contributed by atoms with Crippen LogP contribution in [0.15, 0.2) is 36.7 Å². The van der Waals surface area contributed by atoms with Crippen molar-refractivity contribution < 1.29 is 9.90 Å². The van der Waals surface area contributed by atoms with E-state index in [1.807, 2.05) is 22.0 Å². The normalized spacial score (nSPS) is 18.7. The predicted octanol–water partition coefficient (Wildman–Crippen LogP) is 3.04. The first kappa shape index (κ1) is 15.7. The van der Waals surface area contributed by atoms with E-state index in [2.05, 4.69) is 43.2 Å². The topological polar surface area (TPSA) is 58.4 Å². The van der Waals surface area contributed by atoms with E-state index in [1.165, 1.54) is 5.56 Å². The van der Waals surface area contributed by atoms with E-state index in [9.17, 15) is 9.90 Å². The highest BCUT2D eigenvalue weighted by atomic mass is 16.4. The summed E-state index contributed by atoms with van der Waals surface area (Å²) in [4.78, 5) is 13.3. The molecule has 5 nitrogen and oxygen atoms in total. The van der Waals surface area contributed by atoms with Gasteiger partial charge in [-0.15, -0.1) is 0 Å². The number of carboxylic acids is 1. The van der Waals surface area contributed by atoms with Gasteiger partial charge >= 0.3 is 5.97 Å². The van der Waals surface area contributed by atoms with Gasteiger partial charge in [-0.05, 0) is 43.0 Å². The van der Waals surface area contributed by atoms with Crippen molar-refractivity contribution in [2.24, 2.45) is 0 Å². The van der Waals surface area contributed by atoms with Crippen molar-refractivity contribution in [3.8, 4) is 5.69 Å². The molecule has 1 N–H and O–H groups in total. The van der Waals surface area contributed by atoms with Gasteiger partial charge in [0.15, 0.2) is 0 Å². The van der Waals surface area contributed by atoms with E-state index in [0.29, 0.717) is 12.5 Å². The monoisotopic (exact) mass is 313 g/mol. The molecule has 1 aliphatic heterocycles. The van der Waals surface area contributed by atoms with Crippen LogP contribution in [-0.2, 0) is 11.3 Å². The summed E-state index contributed by atoms with van der Waals surface area (Å²) in [6, 6.07) is 8.04. The van der Waals surface area contributed by atoms with Crippen molar-refractivity contribution in [1.82, 2.24) is 14.7 Å². The Hall–Kier alpha value is -2.14. The lowest BCUT2D eigenvalue weighted by molar-refractivity contribution is -0.142. The lowest BCUT2D eigenvalue weighted by Crippen LogP contribution is -2.35. The molecule has 0 spiro atoms. The largest absolute Gasteiger partial charge is 0.480 e. The van der Waals surface area contributed by atoms with Gasteiger partial charge in [0.1, 0.15) is 6.04 Å². The van der Waals surface area contributed by atoms with Crippen molar-refractivity contribution in [3.63, 3.8) is 0 Å². The third-order valence-electron chi connectivity index (χ3n) is 4.49. The zero-order chi connectivity index (χ0) is 16.4. The highest BCUT2D eigenvalue weighted by Gasteiger charge is 2.30. The molecule has 0 aliphatic carbocycles. The first-order chi connectivity index (χ1) is 11.0. The van der Waals surface area contributed by atoms with Gasteiger partial charge in [-0.25, -0.2) is 4.68 Å². The lowest BCUT2D eigenvalue weighted by Gasteiger charge is -2.19. The lowest BCUT2D eigenvalue weighted by atomic mass is 10.0. The van der Waals surface area contributed by atoms with Crippen LogP contribution < -0.4 is 0 Å². The molecule has 1 atom stereocenters. The first-order valence-corrected chi connectivity index (χ1v) is 8.15. The Morgan fingerprint density at radius 3 is 2.74 bits per heavy atom. The number of carboxylic acid groups (broad SMARTS) is 1. The Bertz CT molecular complexity index is 676. The molecule has 1 aromatic heterocycles. The van der Waals surface area contributed by atoms with Crippen molar-refractivity contribution in [3.05, 3.63) is 47.8 Å². The molecule has 1 aliphatic rings. The maximum Gasteiger partial charge on any atom is 0.320 e. The molecule has 1 aromatic carbocycles. The summed E-state index contributed by atoms with van der Waals surface area (Å²) < 4.78 is 1.85. The Kier molecular flexibility index (Phi) is 4.48. The number of aliphatic carboxylic acids is 1. The smallest absolute Gasteiger partial charge is 0.320 e. The third-order valence-corrected chi connectivity index (χ3v) is 4.49. The Morgan fingerprint density at radius 1 is 1.35 bits per heavy atom. The summed E-state index contributed by atoms with van der Waals surface area (Å²) in [7, 11) is 0. The second-order valence-corrected chi connectivity index (χ2v) is 6.51. The SMILES string of the molecule is CC(C)c1ccc(-n2cc(CN3CCC[C@H]3C(=O)O)cn2)cc1. The molecule has 0 bridgehead atoms. The summed E-state index contributed by atoms with van der Waals surface area (Å²) in [5.74, 6) is -0.209. The molecule has 2 aromatic rings. The molecule has 1 saturated heterocycles. The van der Waals surface area contributed by atoms with E-state index in [4.69, 9.17) is 0 Å². The number of aromatic nitrogens is 2. The zero-order valence-electron chi connectivity index (χ0n) is 13.6.